The Balaban J connectivity index is 3.00. The molecule has 0 aliphatic carbocycles. The summed E-state index contributed by atoms with van der Waals surface area (Å²) >= 11 is 0. The summed E-state index contributed by atoms with van der Waals surface area (Å²) in [5, 5.41) is 40.8. The Hall–Kier alpha value is -1.81. The summed E-state index contributed by atoms with van der Waals surface area (Å²) in [6.45, 7) is 5.33. The van der Waals surface area contributed by atoms with E-state index in [4.69, 9.17) is 10.4 Å². The van der Waals surface area contributed by atoms with Crippen molar-refractivity contribution >= 4 is 23.3 Å². The number of rotatable bonds is 5. The fourth-order valence-corrected chi connectivity index (χ4v) is 1.16. The predicted molar refractivity (Wildman–Crippen MR) is 64.9 cm³/mol. The molecule has 1 aromatic rings. The van der Waals surface area contributed by atoms with Crippen LogP contribution in [0.4, 0.5) is 17.1 Å². The Morgan fingerprint density at radius 1 is 1.39 bits per heavy atom. The summed E-state index contributed by atoms with van der Waals surface area (Å²) < 4.78 is 0. The molecule has 0 spiro atoms. The highest BCUT2D eigenvalue weighted by Gasteiger charge is 2.12. The topological polar surface area (TPSA) is 120 Å². The summed E-state index contributed by atoms with van der Waals surface area (Å²) in [6.07, 6.45) is 1.43. The molecule has 0 heterocycles. The third-order valence-corrected chi connectivity index (χ3v) is 1.97. The molecule has 5 N–H and O–H groups in total. The smallest absolute Gasteiger partial charge is 0.195 e. The van der Waals surface area contributed by atoms with Gasteiger partial charge in [-0.25, -0.2) is 10.4 Å². The Labute approximate surface area is 103 Å². The molecule has 8 nitrogen and oxygen atoms in total. The number of nitrogens with one attached hydrogen (secondary N) is 3. The highest BCUT2D eigenvalue weighted by Crippen LogP contribution is 2.20. The van der Waals surface area contributed by atoms with E-state index in [1.807, 2.05) is 0 Å². The molecule has 2 unspecified atom stereocenters. The van der Waals surface area contributed by atoms with Crippen molar-refractivity contribution in [3.05, 3.63) is 40.8 Å². The standard InChI is InChI=1S/C10H14N4O4/c1-7(2)6-11-12-9-4-3-8(13(15)16)5-10(9)14(17)18/h3-6,12-15,17H,1H2,2H3. The number of allylic oxidation sites excluding steroid dienone is 1. The van der Waals surface area contributed by atoms with Gasteiger partial charge in [-0.1, -0.05) is 6.58 Å². The largest absolute Gasteiger partial charge is 0.595 e. The SMILES string of the molecule is C=C(C)C=NNc1ccc([NH+]([O-])O)cc1[NH+]([O-])O. The van der Waals surface area contributed by atoms with E-state index in [0.29, 0.717) is 5.57 Å². The maximum Gasteiger partial charge on any atom is 0.195 e. The Bertz CT molecular complexity index is 459. The van der Waals surface area contributed by atoms with Crippen LogP contribution in [0.5, 0.6) is 0 Å². The lowest BCUT2D eigenvalue weighted by atomic mass is 10.2. The Morgan fingerprint density at radius 3 is 2.56 bits per heavy atom. The highest BCUT2D eigenvalue weighted by molar-refractivity contribution is 5.78. The number of quaternary nitrogens is 2. The molecule has 0 radical (unpaired) electrons. The van der Waals surface area contributed by atoms with Gasteiger partial charge < -0.3 is 10.4 Å². The third kappa shape index (κ3) is 3.89. The van der Waals surface area contributed by atoms with Crippen molar-refractivity contribution in [2.45, 2.75) is 6.92 Å². The van der Waals surface area contributed by atoms with Gasteiger partial charge in [-0.05, 0) is 18.6 Å². The number of hydrogen-bond acceptors (Lipinski definition) is 6. The fraction of sp³-hybridized carbons (Fsp3) is 0.100. The number of hydrogen-bond donors (Lipinski definition) is 5. The Morgan fingerprint density at radius 2 is 2.06 bits per heavy atom. The average molecular weight is 254 g/mol. The monoisotopic (exact) mass is 254 g/mol. The van der Waals surface area contributed by atoms with E-state index < -0.39 is 10.5 Å². The van der Waals surface area contributed by atoms with Gasteiger partial charge >= 0.3 is 0 Å². The van der Waals surface area contributed by atoms with Crippen molar-refractivity contribution in [2.24, 2.45) is 5.10 Å². The van der Waals surface area contributed by atoms with Crippen LogP contribution < -0.4 is 15.9 Å². The number of benzene rings is 1. The second kappa shape index (κ2) is 6.21. The van der Waals surface area contributed by atoms with E-state index >= 15 is 0 Å². The maximum atomic E-state index is 11.0. The van der Waals surface area contributed by atoms with Crippen LogP contribution in [0.1, 0.15) is 6.92 Å². The number of hydrazone groups is 1. The van der Waals surface area contributed by atoms with Crippen molar-refractivity contribution in [2.75, 3.05) is 5.43 Å². The molecule has 1 aromatic carbocycles. The van der Waals surface area contributed by atoms with Gasteiger partial charge in [0.25, 0.3) is 0 Å². The molecule has 0 saturated carbocycles. The molecular weight excluding hydrogens is 240 g/mol. The Kier molecular flexibility index (Phi) is 4.92. The van der Waals surface area contributed by atoms with Crippen molar-refractivity contribution in [3.8, 4) is 0 Å². The molecule has 0 aliphatic heterocycles. The van der Waals surface area contributed by atoms with Crippen molar-refractivity contribution in [1.82, 2.24) is 0 Å². The van der Waals surface area contributed by atoms with Crippen molar-refractivity contribution < 1.29 is 20.9 Å². The van der Waals surface area contributed by atoms with Gasteiger partial charge in [0.1, 0.15) is 5.69 Å². The first-order chi connectivity index (χ1) is 8.41. The van der Waals surface area contributed by atoms with E-state index in [1.54, 1.807) is 6.92 Å². The second-order valence-electron chi connectivity index (χ2n) is 3.59. The normalized spacial score (nSPS) is 14.5. The molecule has 1 rings (SSSR count). The van der Waals surface area contributed by atoms with Gasteiger partial charge in [0.2, 0.25) is 0 Å². The second-order valence-corrected chi connectivity index (χ2v) is 3.59. The number of anilines is 1. The molecule has 0 amide bonds. The summed E-state index contributed by atoms with van der Waals surface area (Å²) in [6, 6.07) is 3.72. The first-order valence-corrected chi connectivity index (χ1v) is 4.97. The van der Waals surface area contributed by atoms with E-state index in [1.165, 1.54) is 18.3 Å². The van der Waals surface area contributed by atoms with Crippen LogP contribution in [-0.2, 0) is 0 Å². The minimum absolute atomic E-state index is 0.0955. The highest BCUT2D eigenvalue weighted by atomic mass is 16.8. The molecule has 0 aliphatic rings. The van der Waals surface area contributed by atoms with Crippen LogP contribution in [0.15, 0.2) is 35.5 Å². The van der Waals surface area contributed by atoms with E-state index in [9.17, 15) is 10.4 Å². The van der Waals surface area contributed by atoms with Crippen LogP contribution in [-0.4, -0.2) is 16.6 Å². The third-order valence-electron chi connectivity index (χ3n) is 1.97. The predicted octanol–water partition coefficient (Wildman–Crippen LogP) is -0.533. The van der Waals surface area contributed by atoms with E-state index in [0.717, 1.165) is 6.07 Å². The molecule has 0 aromatic heterocycles. The fourth-order valence-electron chi connectivity index (χ4n) is 1.16. The summed E-state index contributed by atoms with van der Waals surface area (Å²) in [5.74, 6) is 0. The summed E-state index contributed by atoms with van der Waals surface area (Å²) in [4.78, 5) is 0. The van der Waals surface area contributed by atoms with Crippen LogP contribution in [0.2, 0.25) is 0 Å². The van der Waals surface area contributed by atoms with Crippen molar-refractivity contribution in [3.63, 3.8) is 0 Å². The van der Waals surface area contributed by atoms with Gasteiger partial charge in [0.15, 0.2) is 11.4 Å². The zero-order chi connectivity index (χ0) is 13.7. The molecule has 0 bridgehead atoms. The molecule has 2 atom stereocenters. The lowest BCUT2D eigenvalue weighted by molar-refractivity contribution is -0.996. The van der Waals surface area contributed by atoms with Crippen molar-refractivity contribution in [1.29, 1.82) is 0 Å². The van der Waals surface area contributed by atoms with Crippen LogP contribution in [0.25, 0.3) is 0 Å². The summed E-state index contributed by atoms with van der Waals surface area (Å²) in [5.41, 5.74) is 3.18. The van der Waals surface area contributed by atoms with E-state index in [-0.39, 0.29) is 17.1 Å². The van der Waals surface area contributed by atoms with Gasteiger partial charge in [0, 0.05) is 12.3 Å². The molecule has 8 heteroatoms. The van der Waals surface area contributed by atoms with Gasteiger partial charge in [0.05, 0.1) is 6.07 Å². The summed E-state index contributed by atoms with van der Waals surface area (Å²) in [7, 11) is 0. The lowest BCUT2D eigenvalue weighted by Gasteiger charge is -2.17. The first kappa shape index (κ1) is 14.3. The first-order valence-electron chi connectivity index (χ1n) is 4.97. The van der Waals surface area contributed by atoms with Crippen LogP contribution in [0, 0.1) is 10.4 Å². The lowest BCUT2D eigenvalue weighted by Crippen LogP contribution is -3.00. The van der Waals surface area contributed by atoms with Crippen LogP contribution >= 0.6 is 0 Å². The minimum atomic E-state index is -1.23. The maximum absolute atomic E-state index is 11.0. The molecule has 18 heavy (non-hydrogen) atoms. The number of nitrogens with zero attached hydrogens (tertiary/aromatic N) is 1. The zero-order valence-electron chi connectivity index (χ0n) is 9.67. The van der Waals surface area contributed by atoms with E-state index in [2.05, 4.69) is 17.1 Å². The van der Waals surface area contributed by atoms with Gasteiger partial charge in [-0.15, -0.1) is 0 Å². The quantitative estimate of drug-likeness (QED) is 0.357. The van der Waals surface area contributed by atoms with Gasteiger partial charge in [-0.3, -0.25) is 5.43 Å². The molecule has 0 fully saturated rings. The van der Waals surface area contributed by atoms with Crippen LogP contribution in [0.3, 0.4) is 0 Å². The molecule has 0 saturated heterocycles. The average Bonchev–Trinajstić information content (AvgIpc) is 2.28. The molecule has 98 valence electrons. The minimum Gasteiger partial charge on any atom is -0.595 e. The zero-order valence-corrected chi connectivity index (χ0v) is 9.67. The molecular formula is C10H14N4O4. The van der Waals surface area contributed by atoms with Gasteiger partial charge in [-0.2, -0.15) is 15.6 Å².